The Bertz CT molecular complexity index is 74.5. The summed E-state index contributed by atoms with van der Waals surface area (Å²) in [5.41, 5.74) is 4.17. The molecule has 0 bridgehead atoms. The first-order chi connectivity index (χ1) is 3.91. The third-order valence-corrected chi connectivity index (χ3v) is 0.595. The molecular formula is C5H9NO2. The molecular weight excluding hydrogens is 106 g/mol. The smallest absolute Gasteiger partial charge is 0.204 e. The van der Waals surface area contributed by atoms with Crippen LogP contribution in [0, 0.1) is 0 Å². The van der Waals surface area contributed by atoms with Gasteiger partial charge in [-0.2, -0.15) is 0 Å². The third-order valence-electron chi connectivity index (χ3n) is 0.595. The average molecular weight is 115 g/mol. The van der Waals surface area contributed by atoms with Crippen LogP contribution in [0.2, 0.25) is 0 Å². The van der Waals surface area contributed by atoms with E-state index in [0.29, 0.717) is 0 Å². The van der Waals surface area contributed by atoms with Gasteiger partial charge >= 0.3 is 0 Å². The van der Waals surface area contributed by atoms with Crippen LogP contribution >= 0.6 is 0 Å². The van der Waals surface area contributed by atoms with Crippen molar-refractivity contribution in [1.82, 2.24) is 0 Å². The lowest BCUT2D eigenvalue weighted by Gasteiger charge is -1.79. The molecule has 2 N–H and O–H groups in total. The van der Waals surface area contributed by atoms with Crippen LogP contribution in [0.4, 0.5) is 0 Å². The van der Waals surface area contributed by atoms with Gasteiger partial charge in [-0.05, 0) is 6.08 Å². The van der Waals surface area contributed by atoms with E-state index in [1.54, 1.807) is 6.26 Å². The molecule has 8 heavy (non-hydrogen) atoms. The molecule has 0 atom stereocenters. The predicted molar refractivity (Wildman–Crippen MR) is 30.0 cm³/mol. The van der Waals surface area contributed by atoms with Gasteiger partial charge in [0.15, 0.2) is 0 Å². The molecule has 0 aromatic heterocycles. The standard InChI is InChI=1S/C4H6O.CH3NO/c1-2-4-5-3-1;2-1-3/h1,3H,2,4H2;1H,(H2,2,3). The van der Waals surface area contributed by atoms with E-state index in [2.05, 4.69) is 5.73 Å². The summed E-state index contributed by atoms with van der Waals surface area (Å²) in [7, 11) is 0. The number of amides is 1. The number of carbonyl (C=O) groups excluding carboxylic acids is 1. The van der Waals surface area contributed by atoms with Gasteiger partial charge in [0.2, 0.25) is 6.41 Å². The lowest BCUT2D eigenvalue weighted by Crippen LogP contribution is -1.82. The van der Waals surface area contributed by atoms with Crippen molar-refractivity contribution in [3.63, 3.8) is 0 Å². The summed E-state index contributed by atoms with van der Waals surface area (Å²) < 4.78 is 4.76. The van der Waals surface area contributed by atoms with E-state index in [-0.39, 0.29) is 6.41 Å². The highest BCUT2D eigenvalue weighted by molar-refractivity contribution is 5.42. The second-order valence-corrected chi connectivity index (χ2v) is 1.17. The maximum Gasteiger partial charge on any atom is 0.204 e. The molecule has 1 amide bonds. The van der Waals surface area contributed by atoms with Gasteiger partial charge in [0.25, 0.3) is 0 Å². The largest absolute Gasteiger partial charge is 0.501 e. The summed E-state index contributed by atoms with van der Waals surface area (Å²) >= 11 is 0. The van der Waals surface area contributed by atoms with E-state index < -0.39 is 0 Å². The van der Waals surface area contributed by atoms with Crippen molar-refractivity contribution in [2.75, 3.05) is 6.61 Å². The normalized spacial score (nSPS) is 13.5. The van der Waals surface area contributed by atoms with Gasteiger partial charge in [0.1, 0.15) is 0 Å². The summed E-state index contributed by atoms with van der Waals surface area (Å²) in [5, 5.41) is 0. The molecule has 0 unspecified atom stereocenters. The molecule has 0 aromatic rings. The molecule has 0 saturated heterocycles. The summed E-state index contributed by atoms with van der Waals surface area (Å²) in [6.45, 7) is 0.889. The van der Waals surface area contributed by atoms with Crippen molar-refractivity contribution >= 4 is 6.41 Å². The molecule has 0 fully saturated rings. The molecule has 1 rings (SSSR count). The zero-order chi connectivity index (χ0) is 6.24. The Labute approximate surface area is 48.1 Å². The maximum absolute atomic E-state index is 8.58. The first-order valence-electron chi connectivity index (χ1n) is 2.33. The van der Waals surface area contributed by atoms with Crippen molar-refractivity contribution in [3.8, 4) is 0 Å². The van der Waals surface area contributed by atoms with Gasteiger partial charge in [-0.15, -0.1) is 0 Å². The number of nitrogens with two attached hydrogens (primary N) is 1. The Balaban J connectivity index is 0.000000145. The number of rotatable bonds is 0. The minimum Gasteiger partial charge on any atom is -0.501 e. The SMILES string of the molecule is C1=COCC1.NC=O. The molecule has 1 aliphatic rings. The number of hydrogen-bond acceptors (Lipinski definition) is 2. The quantitative estimate of drug-likeness (QED) is 0.452. The van der Waals surface area contributed by atoms with Crippen LogP contribution in [-0.2, 0) is 9.53 Å². The molecule has 3 nitrogen and oxygen atoms in total. The highest BCUT2D eigenvalue weighted by Gasteiger charge is 1.83. The average Bonchev–Trinajstić information content (AvgIpc) is 2.17. The van der Waals surface area contributed by atoms with Crippen molar-refractivity contribution in [2.24, 2.45) is 5.73 Å². The van der Waals surface area contributed by atoms with Crippen molar-refractivity contribution < 1.29 is 9.53 Å². The molecule has 3 heteroatoms. The van der Waals surface area contributed by atoms with Crippen LogP contribution < -0.4 is 5.73 Å². The molecule has 0 saturated carbocycles. The second-order valence-electron chi connectivity index (χ2n) is 1.17. The topological polar surface area (TPSA) is 52.3 Å². The van der Waals surface area contributed by atoms with Crippen LogP contribution in [0.3, 0.4) is 0 Å². The van der Waals surface area contributed by atoms with E-state index >= 15 is 0 Å². The summed E-state index contributed by atoms with van der Waals surface area (Å²) in [5.74, 6) is 0. The van der Waals surface area contributed by atoms with E-state index in [1.165, 1.54) is 0 Å². The number of primary amides is 1. The number of carbonyl (C=O) groups is 1. The van der Waals surface area contributed by atoms with Crippen LogP contribution in [0.15, 0.2) is 12.3 Å². The van der Waals surface area contributed by atoms with Gasteiger partial charge in [-0.1, -0.05) is 0 Å². The Morgan fingerprint density at radius 1 is 1.75 bits per heavy atom. The van der Waals surface area contributed by atoms with E-state index in [1.807, 2.05) is 6.08 Å². The lowest BCUT2D eigenvalue weighted by atomic mass is 10.5. The van der Waals surface area contributed by atoms with Gasteiger partial charge in [0, 0.05) is 6.42 Å². The van der Waals surface area contributed by atoms with E-state index in [9.17, 15) is 0 Å². The first kappa shape index (κ1) is 7.01. The molecule has 1 aliphatic heterocycles. The van der Waals surface area contributed by atoms with E-state index in [0.717, 1.165) is 13.0 Å². The monoisotopic (exact) mass is 115 g/mol. The molecule has 1 heterocycles. The Hall–Kier alpha value is -0.990. The first-order valence-corrected chi connectivity index (χ1v) is 2.33. The summed E-state index contributed by atoms with van der Waals surface area (Å²) in [4.78, 5) is 8.58. The minimum atomic E-state index is 0.250. The molecule has 0 radical (unpaired) electrons. The van der Waals surface area contributed by atoms with Gasteiger partial charge < -0.3 is 10.5 Å². The molecule has 46 valence electrons. The van der Waals surface area contributed by atoms with Crippen molar-refractivity contribution in [3.05, 3.63) is 12.3 Å². The Kier molecular flexibility index (Phi) is 5.27. The zero-order valence-electron chi connectivity index (χ0n) is 4.54. The van der Waals surface area contributed by atoms with E-state index in [4.69, 9.17) is 9.53 Å². The molecule has 0 aliphatic carbocycles. The second kappa shape index (κ2) is 6.01. The van der Waals surface area contributed by atoms with Crippen LogP contribution in [0.1, 0.15) is 6.42 Å². The highest BCUT2D eigenvalue weighted by Crippen LogP contribution is 1.93. The van der Waals surface area contributed by atoms with Gasteiger partial charge in [-0.25, -0.2) is 0 Å². The maximum atomic E-state index is 8.58. The highest BCUT2D eigenvalue weighted by atomic mass is 16.5. The van der Waals surface area contributed by atoms with Gasteiger partial charge in [-0.3, -0.25) is 4.79 Å². The van der Waals surface area contributed by atoms with Crippen LogP contribution in [0.5, 0.6) is 0 Å². The van der Waals surface area contributed by atoms with Crippen LogP contribution in [-0.4, -0.2) is 13.0 Å². The van der Waals surface area contributed by atoms with Crippen molar-refractivity contribution in [1.29, 1.82) is 0 Å². The molecule has 0 spiro atoms. The summed E-state index contributed by atoms with van der Waals surface area (Å²) in [6.07, 6.45) is 5.10. The molecule has 0 aromatic carbocycles. The van der Waals surface area contributed by atoms with Crippen LogP contribution in [0.25, 0.3) is 0 Å². The number of ether oxygens (including phenoxy) is 1. The minimum absolute atomic E-state index is 0.250. The zero-order valence-corrected chi connectivity index (χ0v) is 4.54. The fourth-order valence-electron chi connectivity index (χ4n) is 0.340. The van der Waals surface area contributed by atoms with Crippen molar-refractivity contribution in [2.45, 2.75) is 6.42 Å². The lowest BCUT2D eigenvalue weighted by molar-refractivity contribution is -0.106. The fraction of sp³-hybridized carbons (Fsp3) is 0.400. The van der Waals surface area contributed by atoms with Gasteiger partial charge in [0.05, 0.1) is 12.9 Å². The number of hydrogen-bond donors (Lipinski definition) is 1. The Morgan fingerprint density at radius 2 is 2.38 bits per heavy atom. The third kappa shape index (κ3) is 5.01. The Morgan fingerprint density at radius 3 is 2.50 bits per heavy atom. The summed E-state index contributed by atoms with van der Waals surface area (Å²) in [6, 6.07) is 0. The predicted octanol–water partition coefficient (Wildman–Crippen LogP) is 0.0219. The fourth-order valence-corrected chi connectivity index (χ4v) is 0.340.